The minimum absolute atomic E-state index is 0.0406. The molecule has 0 radical (unpaired) electrons. The van der Waals surface area contributed by atoms with Crippen LogP contribution in [0.15, 0.2) is 47.4 Å². The number of rotatable bonds is 9. The summed E-state index contributed by atoms with van der Waals surface area (Å²) in [5, 5.41) is 0. The summed E-state index contributed by atoms with van der Waals surface area (Å²) in [4.78, 5) is 14.3. The maximum absolute atomic E-state index is 12.9. The van der Waals surface area contributed by atoms with E-state index >= 15 is 0 Å². The second-order valence-corrected chi connectivity index (χ2v) is 9.37. The van der Waals surface area contributed by atoms with Gasteiger partial charge in [-0.1, -0.05) is 25.0 Å². The Hall–Kier alpha value is -2.72. The second-order valence-electron chi connectivity index (χ2n) is 7.66. The molecule has 0 unspecified atom stereocenters. The van der Waals surface area contributed by atoms with Gasteiger partial charge in [-0.25, -0.2) is 13.1 Å². The highest BCUT2D eigenvalue weighted by Gasteiger charge is 2.24. The topological polar surface area (TPSA) is 84.9 Å². The number of amides is 1. The smallest absolute Gasteiger partial charge is 0.387 e. The summed E-state index contributed by atoms with van der Waals surface area (Å²) in [7, 11) is -0.824. The van der Waals surface area contributed by atoms with Crippen molar-refractivity contribution < 1.29 is 31.5 Å². The molecule has 0 bridgehead atoms. The van der Waals surface area contributed by atoms with Crippen LogP contribution in [0.1, 0.15) is 41.6 Å². The average molecular weight is 469 g/mol. The highest BCUT2D eigenvalue weighted by molar-refractivity contribution is 7.89. The second kappa shape index (κ2) is 10.3. The third-order valence-electron chi connectivity index (χ3n) is 5.28. The van der Waals surface area contributed by atoms with Crippen LogP contribution in [0.25, 0.3) is 0 Å². The molecule has 174 valence electrons. The molecule has 0 atom stereocenters. The van der Waals surface area contributed by atoms with E-state index in [0.29, 0.717) is 5.56 Å². The molecular formula is C22H26F2N2O5S. The van der Waals surface area contributed by atoms with Crippen LogP contribution < -0.4 is 14.2 Å². The fourth-order valence-electron chi connectivity index (χ4n) is 3.70. The molecule has 2 aromatic rings. The van der Waals surface area contributed by atoms with Gasteiger partial charge >= 0.3 is 6.61 Å². The number of alkyl halides is 2. The predicted molar refractivity (Wildman–Crippen MR) is 114 cm³/mol. The van der Waals surface area contributed by atoms with Crippen molar-refractivity contribution >= 4 is 15.9 Å². The summed E-state index contributed by atoms with van der Waals surface area (Å²) in [6.45, 7) is -2.83. The van der Waals surface area contributed by atoms with Crippen LogP contribution in [-0.4, -0.2) is 46.0 Å². The maximum Gasteiger partial charge on any atom is 0.387 e. The SMILES string of the molecule is COc1cc(CN(C)C(=O)c2cccc(S(=O)(=O)NC3CCCC3)c2)ccc1OC(F)F. The standard InChI is InChI=1S/C22H26F2N2O5S/c1-26(14-15-10-11-19(31-22(23)24)20(12-15)30-2)21(27)16-6-5-9-18(13-16)32(28,29)25-17-7-3-4-8-17/h5-6,9-13,17,22,25H,3-4,7-8,14H2,1-2H3. The van der Waals surface area contributed by atoms with Crippen LogP contribution in [0.5, 0.6) is 11.5 Å². The number of hydrogen-bond donors (Lipinski definition) is 1. The van der Waals surface area contributed by atoms with E-state index in [4.69, 9.17) is 4.74 Å². The predicted octanol–water partition coefficient (Wildman–Crippen LogP) is 3.79. The Morgan fingerprint density at radius 2 is 1.88 bits per heavy atom. The van der Waals surface area contributed by atoms with Gasteiger partial charge in [-0.15, -0.1) is 0 Å². The molecule has 1 aliphatic carbocycles. The van der Waals surface area contributed by atoms with Gasteiger partial charge in [-0.3, -0.25) is 4.79 Å². The molecule has 0 saturated heterocycles. The number of benzene rings is 2. The van der Waals surface area contributed by atoms with Crippen molar-refractivity contribution in [2.75, 3.05) is 14.2 Å². The summed E-state index contributed by atoms with van der Waals surface area (Å²) in [6, 6.07) is 10.2. The quantitative estimate of drug-likeness (QED) is 0.605. The first-order valence-corrected chi connectivity index (χ1v) is 11.7. The molecule has 1 fully saturated rings. The molecule has 3 rings (SSSR count). The molecule has 7 nitrogen and oxygen atoms in total. The first kappa shape index (κ1) is 23.9. The van der Waals surface area contributed by atoms with Crippen LogP contribution in [0.2, 0.25) is 0 Å². The molecule has 1 saturated carbocycles. The van der Waals surface area contributed by atoms with Crippen molar-refractivity contribution in [3.8, 4) is 11.5 Å². The number of hydrogen-bond acceptors (Lipinski definition) is 5. The Labute approximate surface area is 186 Å². The van der Waals surface area contributed by atoms with Gasteiger partial charge in [-0.05, 0) is 48.7 Å². The zero-order valence-corrected chi connectivity index (χ0v) is 18.7. The third-order valence-corrected chi connectivity index (χ3v) is 6.80. The Balaban J connectivity index is 1.72. The van der Waals surface area contributed by atoms with Crippen molar-refractivity contribution in [2.45, 2.75) is 49.8 Å². The summed E-state index contributed by atoms with van der Waals surface area (Å²) in [6.07, 6.45) is 3.61. The Morgan fingerprint density at radius 3 is 2.53 bits per heavy atom. The highest BCUT2D eigenvalue weighted by atomic mass is 32.2. The van der Waals surface area contributed by atoms with E-state index in [1.165, 1.54) is 42.3 Å². The first-order chi connectivity index (χ1) is 15.2. The molecule has 2 aromatic carbocycles. The lowest BCUT2D eigenvalue weighted by atomic mass is 10.1. The molecule has 0 aromatic heterocycles. The molecular weight excluding hydrogens is 442 g/mol. The lowest BCUT2D eigenvalue weighted by molar-refractivity contribution is -0.0512. The van der Waals surface area contributed by atoms with Gasteiger partial charge in [0.1, 0.15) is 0 Å². The number of halogens is 2. The van der Waals surface area contributed by atoms with Crippen molar-refractivity contribution in [2.24, 2.45) is 0 Å². The largest absolute Gasteiger partial charge is 0.493 e. The summed E-state index contributed by atoms with van der Waals surface area (Å²) in [5.41, 5.74) is 0.859. The Morgan fingerprint density at radius 1 is 1.16 bits per heavy atom. The normalized spacial score (nSPS) is 14.5. The number of sulfonamides is 1. The van der Waals surface area contributed by atoms with Crippen molar-refractivity contribution in [1.29, 1.82) is 0 Å². The van der Waals surface area contributed by atoms with Crippen LogP contribution in [0.3, 0.4) is 0 Å². The summed E-state index contributed by atoms with van der Waals surface area (Å²) >= 11 is 0. The fraction of sp³-hybridized carbons (Fsp3) is 0.409. The first-order valence-electron chi connectivity index (χ1n) is 10.2. The van der Waals surface area contributed by atoms with Gasteiger partial charge in [0.25, 0.3) is 5.91 Å². The number of nitrogens with one attached hydrogen (secondary N) is 1. The van der Waals surface area contributed by atoms with E-state index in [9.17, 15) is 22.0 Å². The van der Waals surface area contributed by atoms with Crippen molar-refractivity contribution in [3.05, 3.63) is 53.6 Å². The molecule has 1 amide bonds. The Bertz CT molecular complexity index is 1060. The third kappa shape index (κ3) is 5.95. The number of nitrogens with zero attached hydrogens (tertiary/aromatic N) is 1. The van der Waals surface area contributed by atoms with Gasteiger partial charge in [0, 0.05) is 25.2 Å². The fourth-order valence-corrected chi connectivity index (χ4v) is 5.05. The molecule has 0 aliphatic heterocycles. The van der Waals surface area contributed by atoms with Crippen molar-refractivity contribution in [1.82, 2.24) is 9.62 Å². The minimum atomic E-state index is -3.72. The summed E-state index contributed by atoms with van der Waals surface area (Å²) < 4.78 is 62.6. The summed E-state index contributed by atoms with van der Waals surface area (Å²) in [5.74, 6) is -0.364. The average Bonchev–Trinajstić information content (AvgIpc) is 3.26. The highest BCUT2D eigenvalue weighted by Crippen LogP contribution is 2.30. The molecule has 0 spiro atoms. The molecule has 1 aliphatic rings. The van der Waals surface area contributed by atoms with Gasteiger partial charge < -0.3 is 14.4 Å². The Kier molecular flexibility index (Phi) is 7.68. The zero-order valence-electron chi connectivity index (χ0n) is 17.9. The molecule has 10 heteroatoms. The van der Waals surface area contributed by atoms with E-state index in [1.54, 1.807) is 19.2 Å². The van der Waals surface area contributed by atoms with E-state index in [2.05, 4.69) is 9.46 Å². The van der Waals surface area contributed by atoms with Crippen LogP contribution in [0, 0.1) is 0 Å². The number of carbonyl (C=O) groups excluding carboxylic acids is 1. The maximum atomic E-state index is 12.9. The number of methoxy groups -OCH3 is 1. The minimum Gasteiger partial charge on any atom is -0.493 e. The number of carbonyl (C=O) groups is 1. The van der Waals surface area contributed by atoms with Gasteiger partial charge in [0.2, 0.25) is 10.0 Å². The van der Waals surface area contributed by atoms with E-state index in [-0.39, 0.29) is 40.5 Å². The van der Waals surface area contributed by atoms with Gasteiger partial charge in [0.15, 0.2) is 11.5 Å². The molecule has 32 heavy (non-hydrogen) atoms. The van der Waals surface area contributed by atoms with E-state index in [1.807, 2.05) is 0 Å². The van der Waals surface area contributed by atoms with Gasteiger partial charge in [0.05, 0.1) is 12.0 Å². The van der Waals surface area contributed by atoms with Gasteiger partial charge in [-0.2, -0.15) is 8.78 Å². The van der Waals surface area contributed by atoms with Crippen LogP contribution in [-0.2, 0) is 16.6 Å². The van der Waals surface area contributed by atoms with Crippen molar-refractivity contribution in [3.63, 3.8) is 0 Å². The zero-order chi connectivity index (χ0) is 23.3. The van der Waals surface area contributed by atoms with E-state index < -0.39 is 16.6 Å². The number of ether oxygens (including phenoxy) is 2. The lowest BCUT2D eigenvalue weighted by Gasteiger charge is -2.19. The molecule has 0 heterocycles. The van der Waals surface area contributed by atoms with E-state index in [0.717, 1.165) is 25.7 Å². The van der Waals surface area contributed by atoms with Crippen LogP contribution >= 0.6 is 0 Å². The lowest BCUT2D eigenvalue weighted by Crippen LogP contribution is -2.33. The molecule has 1 N–H and O–H groups in total. The monoisotopic (exact) mass is 468 g/mol. The van der Waals surface area contributed by atoms with Crippen LogP contribution in [0.4, 0.5) is 8.78 Å².